The SMILES string of the molecule is NCCC(C(=O)OCc1ccccc1)c1ccc(C(=O)O)c2ccccc12. The zero-order chi connectivity index (χ0) is 19.2. The molecule has 1 unspecified atom stereocenters. The van der Waals surface area contributed by atoms with Crippen molar-refractivity contribution in [2.45, 2.75) is 18.9 Å². The number of benzene rings is 3. The average Bonchev–Trinajstić information content (AvgIpc) is 2.70. The van der Waals surface area contributed by atoms with Crippen molar-refractivity contribution >= 4 is 22.7 Å². The van der Waals surface area contributed by atoms with Crippen LogP contribution >= 0.6 is 0 Å². The van der Waals surface area contributed by atoms with E-state index in [0.717, 1.165) is 16.5 Å². The fraction of sp³-hybridized carbons (Fsp3) is 0.182. The van der Waals surface area contributed by atoms with Crippen molar-refractivity contribution in [2.75, 3.05) is 6.54 Å². The Morgan fingerprint density at radius 1 is 0.926 bits per heavy atom. The molecule has 3 aromatic carbocycles. The van der Waals surface area contributed by atoms with Gasteiger partial charge in [0.05, 0.1) is 11.5 Å². The Balaban J connectivity index is 1.94. The van der Waals surface area contributed by atoms with Gasteiger partial charge in [-0.3, -0.25) is 4.79 Å². The minimum atomic E-state index is -1.00. The molecule has 0 saturated heterocycles. The van der Waals surface area contributed by atoms with Gasteiger partial charge in [0.15, 0.2) is 0 Å². The zero-order valence-corrected chi connectivity index (χ0v) is 14.8. The van der Waals surface area contributed by atoms with Crippen LogP contribution in [0.5, 0.6) is 0 Å². The summed E-state index contributed by atoms with van der Waals surface area (Å²) in [7, 11) is 0. The molecule has 0 bridgehead atoms. The first-order chi connectivity index (χ1) is 13.1. The van der Waals surface area contributed by atoms with Gasteiger partial charge in [0, 0.05) is 0 Å². The van der Waals surface area contributed by atoms with Gasteiger partial charge in [-0.05, 0) is 40.9 Å². The lowest BCUT2D eigenvalue weighted by atomic mass is 9.89. The van der Waals surface area contributed by atoms with Gasteiger partial charge < -0.3 is 15.6 Å². The highest BCUT2D eigenvalue weighted by Gasteiger charge is 2.25. The molecule has 1 atom stereocenters. The molecule has 5 nitrogen and oxygen atoms in total. The monoisotopic (exact) mass is 363 g/mol. The maximum absolute atomic E-state index is 12.8. The highest BCUT2D eigenvalue weighted by Crippen LogP contribution is 2.31. The normalized spacial score (nSPS) is 11.9. The van der Waals surface area contributed by atoms with Gasteiger partial charge in [-0.15, -0.1) is 0 Å². The molecule has 3 rings (SSSR count). The number of carbonyl (C=O) groups excluding carboxylic acids is 1. The van der Waals surface area contributed by atoms with E-state index in [1.165, 1.54) is 6.07 Å². The van der Waals surface area contributed by atoms with E-state index in [0.29, 0.717) is 18.4 Å². The summed E-state index contributed by atoms with van der Waals surface area (Å²) in [5.41, 5.74) is 7.58. The van der Waals surface area contributed by atoms with Crippen molar-refractivity contribution in [1.29, 1.82) is 0 Å². The number of carbonyl (C=O) groups is 2. The van der Waals surface area contributed by atoms with E-state index in [1.807, 2.05) is 42.5 Å². The first-order valence-corrected chi connectivity index (χ1v) is 8.77. The zero-order valence-electron chi connectivity index (χ0n) is 14.8. The molecule has 0 aliphatic rings. The van der Waals surface area contributed by atoms with Gasteiger partial charge in [0.1, 0.15) is 6.61 Å². The third kappa shape index (κ3) is 4.15. The first-order valence-electron chi connectivity index (χ1n) is 8.77. The Bertz CT molecular complexity index is 953. The van der Waals surface area contributed by atoms with E-state index in [-0.39, 0.29) is 18.1 Å². The first kappa shape index (κ1) is 18.6. The summed E-state index contributed by atoms with van der Waals surface area (Å²) in [5, 5.41) is 10.8. The predicted molar refractivity (Wildman–Crippen MR) is 104 cm³/mol. The van der Waals surface area contributed by atoms with Crippen LogP contribution in [-0.2, 0) is 16.1 Å². The summed E-state index contributed by atoms with van der Waals surface area (Å²) in [5.74, 6) is -1.91. The quantitative estimate of drug-likeness (QED) is 0.625. The van der Waals surface area contributed by atoms with Gasteiger partial charge in [0.25, 0.3) is 0 Å². The standard InChI is InChI=1S/C22H21NO4/c23-13-12-20(22(26)27-14-15-6-2-1-3-7-15)18-10-11-19(21(24)25)17-9-5-4-8-16(17)18/h1-11,20H,12-14,23H2,(H,24,25). The van der Waals surface area contributed by atoms with Gasteiger partial charge >= 0.3 is 11.9 Å². The second kappa shape index (κ2) is 8.47. The smallest absolute Gasteiger partial charge is 0.336 e. The Hall–Kier alpha value is -3.18. The molecule has 0 heterocycles. The molecule has 5 heteroatoms. The highest BCUT2D eigenvalue weighted by atomic mass is 16.5. The minimum absolute atomic E-state index is 0.186. The van der Waals surface area contributed by atoms with Crippen LogP contribution in [0.1, 0.15) is 33.8 Å². The summed E-state index contributed by atoms with van der Waals surface area (Å²) in [6.45, 7) is 0.506. The number of nitrogens with two attached hydrogens (primary N) is 1. The van der Waals surface area contributed by atoms with Gasteiger partial charge in [-0.1, -0.05) is 60.7 Å². The summed E-state index contributed by atoms with van der Waals surface area (Å²) in [6.07, 6.45) is 0.421. The Kier molecular flexibility index (Phi) is 5.84. The summed E-state index contributed by atoms with van der Waals surface area (Å²) in [4.78, 5) is 24.3. The second-order valence-corrected chi connectivity index (χ2v) is 6.28. The Morgan fingerprint density at radius 3 is 2.26 bits per heavy atom. The van der Waals surface area contributed by atoms with Crippen LogP contribution < -0.4 is 5.73 Å². The van der Waals surface area contributed by atoms with Gasteiger partial charge in [0.2, 0.25) is 0 Å². The molecular weight excluding hydrogens is 342 g/mol. The summed E-state index contributed by atoms with van der Waals surface area (Å²) in [6, 6.07) is 19.9. The van der Waals surface area contributed by atoms with Crippen LogP contribution in [0.4, 0.5) is 0 Å². The molecule has 0 saturated carbocycles. The number of hydrogen-bond acceptors (Lipinski definition) is 4. The van der Waals surface area contributed by atoms with Crippen molar-refractivity contribution in [1.82, 2.24) is 0 Å². The lowest BCUT2D eigenvalue weighted by Gasteiger charge is -2.18. The number of carboxylic acid groups (broad SMARTS) is 1. The average molecular weight is 363 g/mol. The number of esters is 1. The Morgan fingerprint density at radius 2 is 1.59 bits per heavy atom. The molecule has 0 amide bonds. The highest BCUT2D eigenvalue weighted by molar-refractivity contribution is 6.05. The molecule has 0 spiro atoms. The molecule has 0 radical (unpaired) electrons. The van der Waals surface area contributed by atoms with E-state index in [9.17, 15) is 14.7 Å². The molecule has 138 valence electrons. The number of fused-ring (bicyclic) bond motifs is 1. The second-order valence-electron chi connectivity index (χ2n) is 6.28. The van der Waals surface area contributed by atoms with Crippen molar-refractivity contribution in [3.63, 3.8) is 0 Å². The number of rotatable bonds is 7. The fourth-order valence-electron chi connectivity index (χ4n) is 3.21. The summed E-state index contributed by atoms with van der Waals surface area (Å²) < 4.78 is 5.51. The van der Waals surface area contributed by atoms with Crippen LogP contribution in [0.3, 0.4) is 0 Å². The minimum Gasteiger partial charge on any atom is -0.478 e. The number of hydrogen-bond donors (Lipinski definition) is 2. The van der Waals surface area contributed by atoms with Crippen LogP contribution in [0.15, 0.2) is 66.7 Å². The van der Waals surface area contributed by atoms with E-state index in [4.69, 9.17) is 10.5 Å². The maximum atomic E-state index is 12.8. The van der Waals surface area contributed by atoms with E-state index >= 15 is 0 Å². The van der Waals surface area contributed by atoms with Crippen molar-refractivity contribution in [3.8, 4) is 0 Å². The largest absolute Gasteiger partial charge is 0.478 e. The van der Waals surface area contributed by atoms with Crippen LogP contribution in [0.2, 0.25) is 0 Å². The molecule has 27 heavy (non-hydrogen) atoms. The molecule has 3 N–H and O–H groups in total. The predicted octanol–water partition coefficient (Wildman–Crippen LogP) is 3.71. The molecule has 3 aromatic rings. The van der Waals surface area contributed by atoms with Crippen LogP contribution in [0.25, 0.3) is 10.8 Å². The topological polar surface area (TPSA) is 89.6 Å². The number of ether oxygens (including phenoxy) is 1. The van der Waals surface area contributed by atoms with Crippen LogP contribution in [0, 0.1) is 0 Å². The lowest BCUT2D eigenvalue weighted by molar-refractivity contribution is -0.146. The van der Waals surface area contributed by atoms with Gasteiger partial charge in [-0.2, -0.15) is 0 Å². The third-order valence-electron chi connectivity index (χ3n) is 4.53. The summed E-state index contributed by atoms with van der Waals surface area (Å²) >= 11 is 0. The van der Waals surface area contributed by atoms with Crippen molar-refractivity contribution in [3.05, 3.63) is 83.4 Å². The van der Waals surface area contributed by atoms with E-state index < -0.39 is 11.9 Å². The molecule has 0 aliphatic carbocycles. The molecular formula is C22H21NO4. The maximum Gasteiger partial charge on any atom is 0.336 e. The van der Waals surface area contributed by atoms with E-state index in [2.05, 4.69) is 0 Å². The lowest BCUT2D eigenvalue weighted by Crippen LogP contribution is -2.20. The molecule has 0 aliphatic heterocycles. The molecule has 0 aromatic heterocycles. The Labute approximate surface area is 157 Å². The van der Waals surface area contributed by atoms with Crippen molar-refractivity contribution < 1.29 is 19.4 Å². The fourth-order valence-corrected chi connectivity index (χ4v) is 3.21. The molecule has 0 fully saturated rings. The van der Waals surface area contributed by atoms with Crippen molar-refractivity contribution in [2.24, 2.45) is 5.73 Å². The number of carboxylic acids is 1. The van der Waals surface area contributed by atoms with Gasteiger partial charge in [-0.25, -0.2) is 4.79 Å². The van der Waals surface area contributed by atoms with E-state index in [1.54, 1.807) is 18.2 Å². The van der Waals surface area contributed by atoms with Crippen LogP contribution in [-0.4, -0.2) is 23.6 Å². The third-order valence-corrected chi connectivity index (χ3v) is 4.53. The number of aromatic carboxylic acids is 1.